The fraction of sp³-hybridized carbons (Fsp3) is 0.483. The van der Waals surface area contributed by atoms with Gasteiger partial charge in [0.05, 0.1) is 42.4 Å². The van der Waals surface area contributed by atoms with Crippen molar-refractivity contribution in [2.45, 2.75) is 64.2 Å². The summed E-state index contributed by atoms with van der Waals surface area (Å²) in [5, 5.41) is 0. The summed E-state index contributed by atoms with van der Waals surface area (Å²) in [4.78, 5) is 14.0. The summed E-state index contributed by atoms with van der Waals surface area (Å²) < 4.78 is 44.2. The minimum absolute atomic E-state index is 0.0702. The fourth-order valence-electron chi connectivity index (χ4n) is 4.91. The predicted octanol–water partition coefficient (Wildman–Crippen LogP) is 6.44. The molecule has 2 aromatic carbocycles. The minimum atomic E-state index is -3.68. The number of unbranched alkanes of at least 4 members (excludes halogenated alkanes) is 2. The molecule has 0 saturated heterocycles. The van der Waals surface area contributed by atoms with E-state index in [0.717, 1.165) is 50.3 Å². The summed E-state index contributed by atoms with van der Waals surface area (Å²) in [7, 11) is -2.17. The van der Waals surface area contributed by atoms with Gasteiger partial charge in [0.1, 0.15) is 0 Å². The van der Waals surface area contributed by atoms with E-state index in [4.69, 9.17) is 14.2 Å². The molecule has 0 spiro atoms. The number of anilines is 2. The quantitative estimate of drug-likeness (QED) is 0.178. The Morgan fingerprint density at radius 3 is 2.30 bits per heavy atom. The van der Waals surface area contributed by atoms with Crippen LogP contribution in [0.3, 0.4) is 0 Å². The van der Waals surface area contributed by atoms with Crippen LogP contribution in [0, 0.1) is 5.41 Å². The molecular weight excluding hydrogens is 490 g/mol. The Morgan fingerprint density at radius 2 is 1.70 bits per heavy atom. The van der Waals surface area contributed by atoms with E-state index in [-0.39, 0.29) is 23.0 Å². The average Bonchev–Trinajstić information content (AvgIpc) is 2.98. The lowest BCUT2D eigenvalue weighted by Crippen LogP contribution is -2.38. The second-order valence-electron chi connectivity index (χ2n) is 9.53. The van der Waals surface area contributed by atoms with Gasteiger partial charge in [0.2, 0.25) is 0 Å². The molecule has 202 valence electrons. The van der Waals surface area contributed by atoms with Crippen molar-refractivity contribution in [3.8, 4) is 11.5 Å². The number of benzene rings is 2. The summed E-state index contributed by atoms with van der Waals surface area (Å²) in [6.45, 7) is 6.83. The molecule has 1 heterocycles. The first-order valence-corrected chi connectivity index (χ1v) is 14.7. The SMILES string of the molecule is CCCCC1(CCCC)CN(c2ccccc2)c2cc(OC)c(O/C=C/C(=O)OCC)cc2S(=O)(=O)C1. The van der Waals surface area contributed by atoms with E-state index in [2.05, 4.69) is 18.7 Å². The Hall–Kier alpha value is -3.00. The van der Waals surface area contributed by atoms with Gasteiger partial charge in [0.25, 0.3) is 0 Å². The summed E-state index contributed by atoms with van der Waals surface area (Å²) in [6, 6.07) is 13.1. The van der Waals surface area contributed by atoms with E-state index in [1.54, 1.807) is 13.0 Å². The number of hydrogen-bond donors (Lipinski definition) is 0. The molecule has 0 fully saturated rings. The van der Waals surface area contributed by atoms with Crippen LogP contribution in [0.4, 0.5) is 11.4 Å². The first-order valence-electron chi connectivity index (χ1n) is 13.1. The third-order valence-corrected chi connectivity index (χ3v) is 8.73. The van der Waals surface area contributed by atoms with Crippen LogP contribution in [0.15, 0.2) is 59.7 Å². The van der Waals surface area contributed by atoms with Crippen molar-refractivity contribution >= 4 is 27.2 Å². The van der Waals surface area contributed by atoms with Gasteiger partial charge in [-0.1, -0.05) is 57.7 Å². The van der Waals surface area contributed by atoms with Gasteiger partial charge < -0.3 is 19.1 Å². The minimum Gasteiger partial charge on any atom is -0.493 e. The Bertz CT molecular complexity index is 1170. The van der Waals surface area contributed by atoms with Gasteiger partial charge in [0, 0.05) is 29.8 Å². The molecule has 1 aliphatic heterocycles. The van der Waals surface area contributed by atoms with Crippen LogP contribution in [0.2, 0.25) is 0 Å². The van der Waals surface area contributed by atoms with E-state index in [9.17, 15) is 13.2 Å². The normalized spacial score (nSPS) is 16.2. The maximum Gasteiger partial charge on any atom is 0.333 e. The average molecular weight is 530 g/mol. The van der Waals surface area contributed by atoms with Gasteiger partial charge in [-0.15, -0.1) is 0 Å². The van der Waals surface area contributed by atoms with Gasteiger partial charge in [-0.25, -0.2) is 13.2 Å². The maximum absolute atomic E-state index is 14.0. The summed E-state index contributed by atoms with van der Waals surface area (Å²) in [5.74, 6) is 0.113. The number of fused-ring (bicyclic) bond motifs is 1. The van der Waals surface area contributed by atoms with Crippen molar-refractivity contribution < 1.29 is 27.4 Å². The molecule has 7 nitrogen and oxygen atoms in total. The highest BCUT2D eigenvalue weighted by atomic mass is 32.2. The highest BCUT2D eigenvalue weighted by Gasteiger charge is 2.42. The molecule has 2 aromatic rings. The van der Waals surface area contributed by atoms with E-state index in [1.807, 2.05) is 30.3 Å². The lowest BCUT2D eigenvalue weighted by molar-refractivity contribution is -0.137. The molecule has 0 aromatic heterocycles. The Morgan fingerprint density at radius 1 is 1.03 bits per heavy atom. The fourth-order valence-corrected chi connectivity index (χ4v) is 7.03. The number of esters is 1. The monoisotopic (exact) mass is 529 g/mol. The molecule has 1 aliphatic rings. The number of nitrogens with zero attached hydrogens (tertiary/aromatic N) is 1. The van der Waals surface area contributed by atoms with Gasteiger partial charge in [-0.2, -0.15) is 0 Å². The van der Waals surface area contributed by atoms with Crippen molar-refractivity contribution in [3.05, 3.63) is 54.8 Å². The van der Waals surface area contributed by atoms with E-state index in [1.165, 1.54) is 19.4 Å². The third-order valence-electron chi connectivity index (χ3n) is 6.74. The number of rotatable bonds is 12. The first-order chi connectivity index (χ1) is 17.8. The van der Waals surface area contributed by atoms with Crippen LogP contribution in [0.5, 0.6) is 11.5 Å². The molecule has 0 radical (unpaired) electrons. The third kappa shape index (κ3) is 7.06. The van der Waals surface area contributed by atoms with Crippen LogP contribution < -0.4 is 14.4 Å². The maximum atomic E-state index is 14.0. The summed E-state index contributed by atoms with van der Waals surface area (Å²) in [5.41, 5.74) is 1.11. The van der Waals surface area contributed by atoms with Crippen molar-refractivity contribution in [1.82, 2.24) is 0 Å². The Kier molecular flexibility index (Phi) is 10.0. The zero-order chi connectivity index (χ0) is 26.9. The van der Waals surface area contributed by atoms with E-state index in [0.29, 0.717) is 18.0 Å². The van der Waals surface area contributed by atoms with Crippen molar-refractivity contribution in [3.63, 3.8) is 0 Å². The van der Waals surface area contributed by atoms with Crippen LogP contribution in [-0.4, -0.2) is 40.4 Å². The van der Waals surface area contributed by atoms with Gasteiger partial charge in [-0.3, -0.25) is 0 Å². The number of carbonyl (C=O) groups is 1. The van der Waals surface area contributed by atoms with E-state index >= 15 is 0 Å². The molecule has 37 heavy (non-hydrogen) atoms. The number of methoxy groups -OCH3 is 1. The van der Waals surface area contributed by atoms with Crippen LogP contribution >= 0.6 is 0 Å². The van der Waals surface area contributed by atoms with Crippen molar-refractivity contribution in [2.24, 2.45) is 5.41 Å². The Balaban J connectivity index is 2.17. The molecule has 0 amide bonds. The Labute approximate surface area is 221 Å². The summed E-state index contributed by atoms with van der Waals surface area (Å²) in [6.07, 6.45) is 7.96. The van der Waals surface area contributed by atoms with Crippen LogP contribution in [0.25, 0.3) is 0 Å². The largest absolute Gasteiger partial charge is 0.493 e. The highest BCUT2D eigenvalue weighted by Crippen LogP contribution is 2.48. The number of hydrogen-bond acceptors (Lipinski definition) is 7. The van der Waals surface area contributed by atoms with Crippen LogP contribution in [0.1, 0.15) is 59.3 Å². The molecule has 3 rings (SSSR count). The molecule has 0 aliphatic carbocycles. The first kappa shape index (κ1) is 28.6. The van der Waals surface area contributed by atoms with Crippen molar-refractivity contribution in [1.29, 1.82) is 0 Å². The number of para-hydroxylation sites is 1. The van der Waals surface area contributed by atoms with Crippen molar-refractivity contribution in [2.75, 3.05) is 30.9 Å². The topological polar surface area (TPSA) is 82.1 Å². The molecule has 0 atom stereocenters. The number of sulfone groups is 1. The molecule has 0 saturated carbocycles. The van der Waals surface area contributed by atoms with Gasteiger partial charge in [-0.05, 0) is 31.9 Å². The number of ether oxygens (including phenoxy) is 3. The lowest BCUT2D eigenvalue weighted by Gasteiger charge is -2.37. The summed E-state index contributed by atoms with van der Waals surface area (Å²) >= 11 is 0. The molecule has 0 N–H and O–H groups in total. The smallest absolute Gasteiger partial charge is 0.333 e. The van der Waals surface area contributed by atoms with Crippen LogP contribution in [-0.2, 0) is 19.4 Å². The highest BCUT2D eigenvalue weighted by molar-refractivity contribution is 7.91. The van der Waals surface area contributed by atoms with Gasteiger partial charge in [0.15, 0.2) is 21.3 Å². The van der Waals surface area contributed by atoms with E-state index < -0.39 is 21.2 Å². The molecule has 0 unspecified atom stereocenters. The number of carbonyl (C=O) groups excluding carboxylic acids is 1. The standard InChI is InChI=1S/C29H39NO6S/c1-5-8-16-29(17-9-6-2)21-30(23-13-11-10-12-14-23)24-19-25(34-4)26(20-27(24)37(32,33)22-29)36-18-15-28(31)35-7-3/h10-15,18-20H,5-9,16-17,21-22H2,1-4H3/b18-15+. The second kappa shape index (κ2) is 13.0. The molecular formula is C29H39NO6S. The zero-order valence-corrected chi connectivity index (χ0v) is 23.2. The second-order valence-corrected chi connectivity index (χ2v) is 11.5. The molecule has 0 bridgehead atoms. The predicted molar refractivity (Wildman–Crippen MR) is 146 cm³/mol. The lowest BCUT2D eigenvalue weighted by atomic mass is 9.79. The molecule has 8 heteroatoms. The van der Waals surface area contributed by atoms with Gasteiger partial charge >= 0.3 is 5.97 Å². The zero-order valence-electron chi connectivity index (χ0n) is 22.4.